The molecule has 0 bridgehead atoms. The third kappa shape index (κ3) is 5.71. The Kier molecular flexibility index (Phi) is 8.65. The minimum atomic E-state index is -0.699. The van der Waals surface area contributed by atoms with Crippen LogP contribution in [0.5, 0.6) is 0 Å². The Bertz CT molecular complexity index is 464. The topological polar surface area (TPSA) is 87.5 Å². The van der Waals surface area contributed by atoms with Crippen LogP contribution in [0.1, 0.15) is 5.56 Å². The molecule has 0 aliphatic rings. The van der Waals surface area contributed by atoms with E-state index in [4.69, 9.17) is 29.0 Å². The van der Waals surface area contributed by atoms with Gasteiger partial charge < -0.3 is 10.2 Å². The van der Waals surface area contributed by atoms with Crippen molar-refractivity contribution in [2.24, 2.45) is 5.84 Å². The molecular weight excluding hydrogens is 327 g/mol. The number of hydrazine groups is 1. The highest BCUT2D eigenvalue weighted by molar-refractivity contribution is 6.18. The first kappa shape index (κ1) is 18.5. The second-order valence-electron chi connectivity index (χ2n) is 4.58. The van der Waals surface area contributed by atoms with E-state index in [9.17, 15) is 9.59 Å². The fourth-order valence-electron chi connectivity index (χ4n) is 2.06. The van der Waals surface area contributed by atoms with Gasteiger partial charge in [0.2, 0.25) is 6.41 Å². The number of alkyl halides is 2. The van der Waals surface area contributed by atoms with Crippen LogP contribution in [0.25, 0.3) is 0 Å². The summed E-state index contributed by atoms with van der Waals surface area (Å²) in [4.78, 5) is 24.2. The Labute approximate surface area is 139 Å². The molecule has 0 radical (unpaired) electrons. The number of hydrogen-bond donors (Lipinski definition) is 3. The highest BCUT2D eigenvalue weighted by Crippen LogP contribution is 2.16. The lowest BCUT2D eigenvalue weighted by Crippen LogP contribution is -2.47. The first-order valence-electron chi connectivity index (χ1n) is 6.82. The van der Waals surface area contributed by atoms with E-state index in [0.717, 1.165) is 11.3 Å². The van der Waals surface area contributed by atoms with Gasteiger partial charge in [-0.05, 0) is 17.7 Å². The van der Waals surface area contributed by atoms with Crippen LogP contribution >= 0.6 is 23.2 Å². The molecule has 0 aliphatic carbocycles. The van der Waals surface area contributed by atoms with Crippen LogP contribution in [-0.2, 0) is 16.0 Å². The normalized spacial score (nSPS) is 11.6. The minimum Gasteiger partial charge on any atom is -0.369 e. The van der Waals surface area contributed by atoms with Gasteiger partial charge in [-0.2, -0.15) is 0 Å². The van der Waals surface area contributed by atoms with Gasteiger partial charge in [-0.15, -0.1) is 23.2 Å². The fraction of sp³-hybridized carbons (Fsp3) is 0.429. The molecule has 1 aromatic rings. The monoisotopic (exact) mass is 346 g/mol. The predicted octanol–water partition coefficient (Wildman–Crippen LogP) is 0.618. The number of benzene rings is 1. The van der Waals surface area contributed by atoms with E-state index in [2.05, 4.69) is 10.2 Å². The van der Waals surface area contributed by atoms with Gasteiger partial charge in [0.1, 0.15) is 6.04 Å². The smallest absolute Gasteiger partial charge is 0.256 e. The number of amides is 2. The molecule has 8 heteroatoms. The number of hydrogen-bond acceptors (Lipinski definition) is 4. The van der Waals surface area contributed by atoms with E-state index in [0.29, 0.717) is 37.7 Å². The van der Waals surface area contributed by atoms with E-state index in [-0.39, 0.29) is 0 Å². The number of rotatable bonds is 10. The van der Waals surface area contributed by atoms with Crippen molar-refractivity contribution in [2.75, 3.05) is 29.7 Å². The summed E-state index contributed by atoms with van der Waals surface area (Å²) >= 11 is 11.6. The molecule has 1 aromatic carbocycles. The second-order valence-corrected chi connectivity index (χ2v) is 5.34. The Morgan fingerprint density at radius 1 is 1.23 bits per heavy atom. The van der Waals surface area contributed by atoms with Gasteiger partial charge in [0.05, 0.1) is 0 Å². The largest absolute Gasteiger partial charge is 0.369 e. The molecule has 0 aliphatic heterocycles. The molecule has 4 N–H and O–H groups in total. The summed E-state index contributed by atoms with van der Waals surface area (Å²) in [5.41, 5.74) is 3.95. The highest BCUT2D eigenvalue weighted by Gasteiger charge is 2.17. The van der Waals surface area contributed by atoms with Crippen LogP contribution in [0.3, 0.4) is 0 Å². The van der Waals surface area contributed by atoms with Crippen molar-refractivity contribution in [1.82, 2.24) is 10.7 Å². The van der Waals surface area contributed by atoms with E-state index in [1.807, 2.05) is 29.7 Å². The summed E-state index contributed by atoms with van der Waals surface area (Å²) in [6.45, 7) is 1.41. The number of anilines is 1. The molecule has 2 amide bonds. The average molecular weight is 347 g/mol. The third-order valence-electron chi connectivity index (χ3n) is 3.18. The Morgan fingerprint density at radius 3 is 2.27 bits per heavy atom. The zero-order valence-electron chi connectivity index (χ0n) is 12.1. The predicted molar refractivity (Wildman–Crippen MR) is 89.1 cm³/mol. The molecule has 1 rings (SSSR count). The number of nitrogens with two attached hydrogens (primary N) is 1. The number of carbonyl (C=O) groups excluding carboxylic acids is 2. The third-order valence-corrected chi connectivity index (χ3v) is 3.52. The summed E-state index contributed by atoms with van der Waals surface area (Å²) in [5, 5.41) is 2.44. The molecule has 0 heterocycles. The van der Waals surface area contributed by atoms with Crippen LogP contribution in [0.2, 0.25) is 0 Å². The molecule has 1 unspecified atom stereocenters. The first-order valence-corrected chi connectivity index (χ1v) is 7.89. The average Bonchev–Trinajstić information content (AvgIpc) is 2.54. The van der Waals surface area contributed by atoms with Crippen molar-refractivity contribution in [1.29, 1.82) is 0 Å². The quantitative estimate of drug-likeness (QED) is 0.190. The number of nitrogens with zero attached hydrogens (tertiary/aromatic N) is 1. The zero-order valence-corrected chi connectivity index (χ0v) is 13.6. The molecule has 22 heavy (non-hydrogen) atoms. The first-order chi connectivity index (χ1) is 10.7. The molecular formula is C14H20Cl2N4O2. The highest BCUT2D eigenvalue weighted by atomic mass is 35.5. The number of halogens is 2. The van der Waals surface area contributed by atoms with Crippen LogP contribution in [0.15, 0.2) is 24.3 Å². The summed E-state index contributed by atoms with van der Waals surface area (Å²) in [7, 11) is 0. The number of nitrogens with one attached hydrogen (secondary N) is 2. The van der Waals surface area contributed by atoms with Crippen molar-refractivity contribution in [3.63, 3.8) is 0 Å². The van der Waals surface area contributed by atoms with E-state index in [1.165, 1.54) is 0 Å². The maximum absolute atomic E-state index is 11.6. The standard InChI is InChI=1S/C14H20Cl2N4O2/c15-5-7-20(8-6-16)12-3-1-11(2-4-12)9-13(18-10-21)14(22)19-17/h1-4,10,13H,5-9,17H2,(H,18,21)(H,19,22). The van der Waals surface area contributed by atoms with Crippen LogP contribution in [0.4, 0.5) is 5.69 Å². The summed E-state index contributed by atoms with van der Waals surface area (Å²) in [5.74, 6) is 5.69. The fourth-order valence-corrected chi connectivity index (χ4v) is 2.47. The minimum absolute atomic E-state index is 0.354. The van der Waals surface area contributed by atoms with Crippen molar-refractivity contribution in [3.05, 3.63) is 29.8 Å². The van der Waals surface area contributed by atoms with Crippen LogP contribution in [0, 0.1) is 0 Å². The molecule has 0 fully saturated rings. The summed E-state index contributed by atoms with van der Waals surface area (Å²) < 4.78 is 0. The van der Waals surface area contributed by atoms with Crippen molar-refractivity contribution in [2.45, 2.75) is 12.5 Å². The Balaban J connectivity index is 2.77. The molecule has 0 saturated heterocycles. The summed E-state index contributed by atoms with van der Waals surface area (Å²) in [6.07, 6.45) is 0.837. The molecule has 1 atom stereocenters. The van der Waals surface area contributed by atoms with Crippen molar-refractivity contribution < 1.29 is 9.59 Å². The van der Waals surface area contributed by atoms with Crippen molar-refractivity contribution in [3.8, 4) is 0 Å². The van der Waals surface area contributed by atoms with Gasteiger partial charge in [0.25, 0.3) is 5.91 Å². The van der Waals surface area contributed by atoms with Gasteiger partial charge in [-0.3, -0.25) is 15.0 Å². The van der Waals surface area contributed by atoms with Crippen molar-refractivity contribution >= 4 is 41.2 Å². The van der Waals surface area contributed by atoms with E-state index in [1.54, 1.807) is 0 Å². The lowest BCUT2D eigenvalue weighted by atomic mass is 10.0. The zero-order chi connectivity index (χ0) is 16.4. The molecule has 6 nitrogen and oxygen atoms in total. The lowest BCUT2D eigenvalue weighted by molar-refractivity contribution is -0.125. The molecule has 122 valence electrons. The number of carbonyl (C=O) groups is 2. The lowest BCUT2D eigenvalue weighted by Gasteiger charge is -2.23. The summed E-state index contributed by atoms with van der Waals surface area (Å²) in [6, 6.07) is 6.97. The van der Waals surface area contributed by atoms with Crippen LogP contribution < -0.4 is 21.5 Å². The molecule has 0 spiro atoms. The second kappa shape index (κ2) is 10.3. The SMILES string of the molecule is NNC(=O)C(Cc1ccc(N(CCCl)CCCl)cc1)NC=O. The van der Waals surface area contributed by atoms with Gasteiger partial charge in [0.15, 0.2) is 0 Å². The van der Waals surface area contributed by atoms with E-state index >= 15 is 0 Å². The van der Waals surface area contributed by atoms with Gasteiger partial charge in [-0.25, -0.2) is 5.84 Å². The maximum Gasteiger partial charge on any atom is 0.256 e. The molecule has 0 saturated carbocycles. The van der Waals surface area contributed by atoms with Gasteiger partial charge in [-0.1, -0.05) is 12.1 Å². The van der Waals surface area contributed by atoms with Gasteiger partial charge in [0, 0.05) is 37.0 Å². The van der Waals surface area contributed by atoms with Crippen LogP contribution in [-0.4, -0.2) is 43.2 Å². The Morgan fingerprint density at radius 2 is 1.82 bits per heavy atom. The molecule has 0 aromatic heterocycles. The Hall–Kier alpha value is -1.50. The van der Waals surface area contributed by atoms with E-state index < -0.39 is 11.9 Å². The maximum atomic E-state index is 11.6. The van der Waals surface area contributed by atoms with Gasteiger partial charge >= 0.3 is 0 Å².